The first-order valence-corrected chi connectivity index (χ1v) is 8.85. The molecule has 0 aliphatic carbocycles. The number of carbonyl (C=O) groups excluding carboxylic acids is 3. The van der Waals surface area contributed by atoms with Crippen molar-refractivity contribution in [1.29, 1.82) is 0 Å². The summed E-state index contributed by atoms with van der Waals surface area (Å²) in [6.45, 7) is 8.28. The minimum Gasteiger partial charge on any atom is -0.443 e. The van der Waals surface area contributed by atoms with Gasteiger partial charge in [-0.2, -0.15) is 0 Å². The zero-order chi connectivity index (χ0) is 17.6. The van der Waals surface area contributed by atoms with Crippen molar-refractivity contribution in [2.75, 3.05) is 0 Å². The molecule has 2 unspecified atom stereocenters. The second-order valence-corrected chi connectivity index (χ2v) is 9.07. The van der Waals surface area contributed by atoms with Crippen LogP contribution < -0.4 is 0 Å². The topological polar surface area (TPSA) is 99.1 Å². The number of thioether (sulfide) groups is 2. The van der Waals surface area contributed by atoms with Gasteiger partial charge in [0.1, 0.15) is 6.42 Å². The van der Waals surface area contributed by atoms with Crippen LogP contribution in [0, 0.1) is 11.8 Å². The molecule has 0 bridgehead atoms. The smallest absolute Gasteiger partial charge is 0.365 e. The Kier molecular flexibility index (Phi) is 4.69. The van der Waals surface area contributed by atoms with Gasteiger partial charge in [-0.25, -0.2) is 0 Å². The van der Waals surface area contributed by atoms with Crippen LogP contribution in [-0.2, 0) is 28.6 Å². The lowest BCUT2D eigenvalue weighted by atomic mass is 9.92. The summed E-state index contributed by atoms with van der Waals surface area (Å²) in [5.74, 6) is -2.78. The molecule has 0 aromatic rings. The van der Waals surface area contributed by atoms with Gasteiger partial charge in [-0.05, 0) is 29.4 Å². The summed E-state index contributed by atoms with van der Waals surface area (Å²) in [5.41, 5.74) is 0. The standard InChI is InChI=1S/C14H20O7S2/c1-7(2)12(18)13(8(3)4,19-9(5)15)23-14(22-12)20-10(16)6-11(17)21-14/h7-8,18H,6H2,1-5H3. The summed E-state index contributed by atoms with van der Waals surface area (Å²) in [6.07, 6.45) is -0.481. The van der Waals surface area contributed by atoms with Crippen LogP contribution in [0.2, 0.25) is 0 Å². The molecular weight excluding hydrogens is 344 g/mol. The molecular formula is C14H20O7S2. The summed E-state index contributed by atoms with van der Waals surface area (Å²) in [7, 11) is 0. The third kappa shape index (κ3) is 2.94. The van der Waals surface area contributed by atoms with Crippen molar-refractivity contribution >= 4 is 41.4 Å². The maximum Gasteiger partial charge on any atom is 0.365 e. The van der Waals surface area contributed by atoms with E-state index in [9.17, 15) is 19.5 Å². The molecule has 0 saturated carbocycles. The second kappa shape index (κ2) is 5.86. The molecule has 2 aliphatic rings. The first-order valence-electron chi connectivity index (χ1n) is 7.22. The van der Waals surface area contributed by atoms with Crippen molar-refractivity contribution in [2.24, 2.45) is 11.8 Å². The second-order valence-electron chi connectivity index (χ2n) is 6.10. The summed E-state index contributed by atoms with van der Waals surface area (Å²) >= 11 is 1.63. The largest absolute Gasteiger partial charge is 0.443 e. The molecule has 2 aliphatic heterocycles. The lowest BCUT2D eigenvalue weighted by molar-refractivity contribution is -0.193. The van der Waals surface area contributed by atoms with E-state index in [2.05, 4.69) is 0 Å². The molecule has 1 N–H and O–H groups in total. The zero-order valence-corrected chi connectivity index (χ0v) is 15.2. The molecule has 0 radical (unpaired) electrons. The van der Waals surface area contributed by atoms with Crippen molar-refractivity contribution in [3.63, 3.8) is 0 Å². The molecule has 0 aromatic heterocycles. The molecule has 130 valence electrons. The molecule has 9 heteroatoms. The van der Waals surface area contributed by atoms with Gasteiger partial charge >= 0.3 is 22.4 Å². The molecule has 1 spiro atoms. The van der Waals surface area contributed by atoms with Gasteiger partial charge in [-0.15, -0.1) is 0 Å². The first kappa shape index (κ1) is 18.4. The number of aliphatic hydroxyl groups is 1. The average Bonchev–Trinajstić information content (AvgIpc) is 2.57. The number of esters is 3. The van der Waals surface area contributed by atoms with Crippen molar-refractivity contribution in [3.8, 4) is 0 Å². The van der Waals surface area contributed by atoms with Gasteiger partial charge in [0, 0.05) is 12.8 Å². The fourth-order valence-electron chi connectivity index (χ4n) is 2.59. The van der Waals surface area contributed by atoms with Gasteiger partial charge in [-0.1, -0.05) is 27.7 Å². The monoisotopic (exact) mass is 364 g/mol. The van der Waals surface area contributed by atoms with Gasteiger partial charge in [0.25, 0.3) is 0 Å². The van der Waals surface area contributed by atoms with E-state index in [1.807, 2.05) is 0 Å². The molecule has 0 amide bonds. The summed E-state index contributed by atoms with van der Waals surface area (Å²) in [6, 6.07) is 0. The van der Waals surface area contributed by atoms with Gasteiger partial charge in [0.15, 0.2) is 4.93 Å². The minimum atomic E-state index is -1.76. The van der Waals surface area contributed by atoms with E-state index in [4.69, 9.17) is 14.2 Å². The Hall–Kier alpha value is -0.930. The van der Waals surface area contributed by atoms with E-state index in [1.165, 1.54) is 6.92 Å². The maximum atomic E-state index is 11.7. The first-order chi connectivity index (χ1) is 10.5. The Labute approximate surface area is 142 Å². The van der Waals surface area contributed by atoms with E-state index in [0.29, 0.717) is 0 Å². The SMILES string of the molecule is CC(=O)OC1(C(C)C)SC2(OC(=O)CC(=O)O2)SC1(O)C(C)C. The predicted molar refractivity (Wildman–Crippen MR) is 83.8 cm³/mol. The number of rotatable bonds is 3. The van der Waals surface area contributed by atoms with Crippen LogP contribution in [0.15, 0.2) is 0 Å². The van der Waals surface area contributed by atoms with Crippen LogP contribution in [0.1, 0.15) is 41.0 Å². The van der Waals surface area contributed by atoms with E-state index in [0.717, 1.165) is 23.5 Å². The van der Waals surface area contributed by atoms with Crippen LogP contribution in [0.3, 0.4) is 0 Å². The molecule has 2 fully saturated rings. The normalized spacial score (nSPS) is 33.0. The quantitative estimate of drug-likeness (QED) is 0.594. The van der Waals surface area contributed by atoms with E-state index < -0.39 is 38.6 Å². The van der Waals surface area contributed by atoms with Gasteiger partial charge < -0.3 is 19.3 Å². The van der Waals surface area contributed by atoms with Crippen LogP contribution in [0.25, 0.3) is 0 Å². The summed E-state index contributed by atoms with van der Waals surface area (Å²) in [4.78, 5) is 32.0. The summed E-state index contributed by atoms with van der Waals surface area (Å²) in [5, 5.41) is 11.3. The number of carbonyl (C=O) groups is 3. The average molecular weight is 364 g/mol. The Morgan fingerprint density at radius 3 is 2.04 bits per heavy atom. The molecule has 2 heterocycles. The van der Waals surface area contributed by atoms with E-state index >= 15 is 0 Å². The van der Waals surface area contributed by atoms with Gasteiger partial charge in [-0.3, -0.25) is 14.4 Å². The van der Waals surface area contributed by atoms with E-state index in [-0.39, 0.29) is 11.8 Å². The number of ether oxygens (including phenoxy) is 3. The number of hydrogen-bond acceptors (Lipinski definition) is 9. The van der Waals surface area contributed by atoms with Crippen LogP contribution >= 0.6 is 23.5 Å². The van der Waals surface area contributed by atoms with Crippen LogP contribution in [0.5, 0.6) is 0 Å². The highest BCUT2D eigenvalue weighted by Crippen LogP contribution is 2.69. The number of hydrogen-bond donors (Lipinski definition) is 1. The third-order valence-corrected chi connectivity index (χ3v) is 7.38. The molecule has 2 atom stereocenters. The Balaban J connectivity index is 2.53. The molecule has 23 heavy (non-hydrogen) atoms. The zero-order valence-electron chi connectivity index (χ0n) is 13.6. The molecule has 0 aromatic carbocycles. The van der Waals surface area contributed by atoms with Crippen LogP contribution in [-0.4, -0.2) is 37.3 Å². The maximum absolute atomic E-state index is 11.7. The predicted octanol–water partition coefficient (Wildman–Crippen LogP) is 1.83. The Bertz CT molecular complexity index is 531. The lowest BCUT2D eigenvalue weighted by Gasteiger charge is -2.43. The highest BCUT2D eigenvalue weighted by Gasteiger charge is 2.74. The van der Waals surface area contributed by atoms with Crippen molar-refractivity contribution in [3.05, 3.63) is 0 Å². The molecule has 2 rings (SSSR count). The molecule has 7 nitrogen and oxygen atoms in total. The summed E-state index contributed by atoms with van der Waals surface area (Å²) < 4.78 is 14.2. The van der Waals surface area contributed by atoms with Gasteiger partial charge in [0.05, 0.1) is 0 Å². The highest BCUT2D eigenvalue weighted by atomic mass is 32.2. The minimum absolute atomic E-state index is 0.338. The van der Waals surface area contributed by atoms with Gasteiger partial charge in [0.2, 0.25) is 4.93 Å². The van der Waals surface area contributed by atoms with Crippen LogP contribution in [0.4, 0.5) is 0 Å². The Morgan fingerprint density at radius 1 is 1.13 bits per heavy atom. The van der Waals surface area contributed by atoms with Crippen molar-refractivity contribution in [2.45, 2.75) is 55.4 Å². The fraction of sp³-hybridized carbons (Fsp3) is 0.786. The fourth-order valence-corrected chi connectivity index (χ4v) is 6.48. The highest BCUT2D eigenvalue weighted by molar-refractivity contribution is 8.22. The Morgan fingerprint density at radius 2 is 1.65 bits per heavy atom. The molecule has 2 saturated heterocycles. The van der Waals surface area contributed by atoms with E-state index in [1.54, 1.807) is 27.7 Å². The van der Waals surface area contributed by atoms with Crippen molar-refractivity contribution in [1.82, 2.24) is 0 Å². The third-order valence-electron chi connectivity index (χ3n) is 3.66. The van der Waals surface area contributed by atoms with Crippen molar-refractivity contribution < 1.29 is 33.7 Å². The lowest BCUT2D eigenvalue weighted by Crippen LogP contribution is -2.55.